The minimum atomic E-state index is -0.497. The number of carbonyl (C=O) groups excluding carboxylic acids is 2. The topological polar surface area (TPSA) is 62.7 Å². The van der Waals surface area contributed by atoms with Gasteiger partial charge in [-0.3, -0.25) is 9.69 Å². The first-order valence-electron chi connectivity index (χ1n) is 7.64. The van der Waals surface area contributed by atoms with Crippen LogP contribution < -0.4 is 4.90 Å². The highest BCUT2D eigenvalue weighted by molar-refractivity contribution is 9.09. The fraction of sp³-hybridized carbons (Fsp3) is 0.667. The lowest BCUT2D eigenvalue weighted by atomic mass is 10.2. The molecule has 126 valence electrons. The van der Waals surface area contributed by atoms with E-state index in [9.17, 15) is 9.59 Å². The van der Waals surface area contributed by atoms with Gasteiger partial charge in [-0.1, -0.05) is 27.3 Å². The molecule has 2 aliphatic rings. The van der Waals surface area contributed by atoms with Crippen LogP contribution in [-0.4, -0.2) is 45.4 Å². The highest BCUT2D eigenvalue weighted by Gasteiger charge is 2.33. The Labute approximate surface area is 147 Å². The third-order valence-corrected chi connectivity index (χ3v) is 5.40. The van der Waals surface area contributed by atoms with E-state index >= 15 is 0 Å². The number of thiazole rings is 1. The Hall–Kier alpha value is -1.15. The number of nitrogens with zero attached hydrogens (tertiary/aromatic N) is 3. The number of halogens is 1. The molecule has 3 heterocycles. The van der Waals surface area contributed by atoms with Crippen molar-refractivity contribution in [3.8, 4) is 0 Å². The molecule has 2 aliphatic heterocycles. The lowest BCUT2D eigenvalue weighted by molar-refractivity contribution is -0.117. The number of fused-ring (bicyclic) bond motifs is 1. The van der Waals surface area contributed by atoms with Crippen molar-refractivity contribution in [2.75, 3.05) is 18.0 Å². The van der Waals surface area contributed by atoms with Crippen molar-refractivity contribution in [1.82, 2.24) is 9.88 Å². The first kappa shape index (κ1) is 16.7. The van der Waals surface area contributed by atoms with Crippen molar-refractivity contribution < 1.29 is 14.3 Å². The van der Waals surface area contributed by atoms with E-state index in [1.807, 2.05) is 20.8 Å². The molecule has 1 aromatic rings. The normalized spacial score (nSPS) is 21.6. The van der Waals surface area contributed by atoms with Crippen LogP contribution in [0.5, 0.6) is 0 Å². The summed E-state index contributed by atoms with van der Waals surface area (Å²) in [7, 11) is 0. The highest BCUT2D eigenvalue weighted by atomic mass is 79.9. The number of alkyl halides is 1. The smallest absolute Gasteiger partial charge is 0.410 e. The molecular weight excluding hydrogens is 382 g/mol. The summed E-state index contributed by atoms with van der Waals surface area (Å²) in [5.74, 6) is 0.0990. The van der Waals surface area contributed by atoms with E-state index < -0.39 is 5.60 Å². The summed E-state index contributed by atoms with van der Waals surface area (Å²) in [4.78, 5) is 33.5. The van der Waals surface area contributed by atoms with E-state index in [1.165, 1.54) is 11.3 Å². The predicted molar refractivity (Wildman–Crippen MR) is 92.1 cm³/mol. The van der Waals surface area contributed by atoms with Gasteiger partial charge in [-0.15, -0.1) is 0 Å². The maximum atomic E-state index is 12.2. The lowest BCUT2D eigenvalue weighted by Gasteiger charge is -2.29. The van der Waals surface area contributed by atoms with E-state index in [1.54, 1.807) is 9.80 Å². The zero-order valence-corrected chi connectivity index (χ0v) is 15.9. The molecule has 0 aromatic carbocycles. The van der Waals surface area contributed by atoms with Crippen molar-refractivity contribution in [3.05, 3.63) is 10.6 Å². The van der Waals surface area contributed by atoms with Gasteiger partial charge in [0.15, 0.2) is 5.13 Å². The summed E-state index contributed by atoms with van der Waals surface area (Å²) in [5, 5.41) is 0.744. The van der Waals surface area contributed by atoms with Crippen LogP contribution in [-0.2, 0) is 22.5 Å². The maximum Gasteiger partial charge on any atom is 0.410 e. The van der Waals surface area contributed by atoms with Crippen molar-refractivity contribution in [1.29, 1.82) is 0 Å². The second-order valence-corrected chi connectivity index (χ2v) is 9.18. The van der Waals surface area contributed by atoms with Gasteiger partial charge in [0.25, 0.3) is 0 Å². The Morgan fingerprint density at radius 3 is 2.78 bits per heavy atom. The lowest BCUT2D eigenvalue weighted by Crippen LogP contribution is -2.39. The fourth-order valence-electron chi connectivity index (χ4n) is 2.63. The second kappa shape index (κ2) is 6.05. The third-order valence-electron chi connectivity index (χ3n) is 3.68. The van der Waals surface area contributed by atoms with Crippen LogP contribution in [0.15, 0.2) is 0 Å². The Balaban J connectivity index is 1.72. The summed E-state index contributed by atoms with van der Waals surface area (Å²) in [6.07, 6.45) is 0.912. The Morgan fingerprint density at radius 1 is 1.43 bits per heavy atom. The Morgan fingerprint density at radius 2 is 2.17 bits per heavy atom. The van der Waals surface area contributed by atoms with Gasteiger partial charge >= 0.3 is 6.09 Å². The number of carbonyl (C=O) groups is 2. The summed E-state index contributed by atoms with van der Waals surface area (Å²) < 4.78 is 5.43. The zero-order chi connectivity index (χ0) is 16.8. The standard InChI is InChI=1S/C15H20BrN3O3S/c1-15(2,3)22-14(21)18-5-4-10-11(8-18)23-13(17-10)19-7-9(16)6-12(19)20/h9H,4-8H2,1-3H3. The van der Waals surface area contributed by atoms with Gasteiger partial charge in [-0.2, -0.15) is 0 Å². The summed E-state index contributed by atoms with van der Waals surface area (Å²) in [5.41, 5.74) is 0.499. The molecule has 0 saturated carbocycles. The number of hydrogen-bond donors (Lipinski definition) is 0. The monoisotopic (exact) mass is 401 g/mol. The minimum Gasteiger partial charge on any atom is -0.444 e. The summed E-state index contributed by atoms with van der Waals surface area (Å²) >= 11 is 4.99. The SMILES string of the molecule is CC(C)(C)OC(=O)N1CCc2nc(N3CC(Br)CC3=O)sc2C1. The van der Waals surface area contributed by atoms with Crippen LogP contribution in [0.2, 0.25) is 0 Å². The van der Waals surface area contributed by atoms with Crippen molar-refractivity contribution >= 4 is 44.4 Å². The first-order chi connectivity index (χ1) is 10.7. The molecule has 0 radical (unpaired) electrons. The van der Waals surface area contributed by atoms with Crippen molar-refractivity contribution in [2.45, 2.75) is 50.6 Å². The molecule has 6 nitrogen and oxygen atoms in total. The molecule has 0 spiro atoms. The van der Waals surface area contributed by atoms with Gasteiger partial charge in [0.1, 0.15) is 5.60 Å². The molecule has 0 aliphatic carbocycles. The van der Waals surface area contributed by atoms with E-state index in [0.717, 1.165) is 15.7 Å². The number of ether oxygens (including phenoxy) is 1. The van der Waals surface area contributed by atoms with Gasteiger partial charge in [0.2, 0.25) is 5.91 Å². The number of hydrogen-bond acceptors (Lipinski definition) is 5. The van der Waals surface area contributed by atoms with Gasteiger partial charge in [-0.05, 0) is 20.8 Å². The minimum absolute atomic E-state index is 0.0990. The second-order valence-electron chi connectivity index (χ2n) is 6.82. The number of amides is 2. The average Bonchev–Trinajstić information content (AvgIpc) is 2.98. The first-order valence-corrected chi connectivity index (χ1v) is 9.37. The van der Waals surface area contributed by atoms with Crippen LogP contribution in [0.3, 0.4) is 0 Å². The van der Waals surface area contributed by atoms with Crippen molar-refractivity contribution in [3.63, 3.8) is 0 Å². The van der Waals surface area contributed by atoms with Crippen LogP contribution in [0.1, 0.15) is 37.8 Å². The molecule has 0 N–H and O–H groups in total. The molecule has 1 unspecified atom stereocenters. The summed E-state index contributed by atoms with van der Waals surface area (Å²) in [6.45, 7) is 7.34. The van der Waals surface area contributed by atoms with Crippen LogP contribution >= 0.6 is 27.3 Å². The molecule has 1 aromatic heterocycles. The Bertz CT molecular complexity index is 640. The van der Waals surface area contributed by atoms with Crippen LogP contribution in [0, 0.1) is 0 Å². The quantitative estimate of drug-likeness (QED) is 0.678. The van der Waals surface area contributed by atoms with Gasteiger partial charge < -0.3 is 9.64 Å². The fourth-order valence-corrected chi connectivity index (χ4v) is 4.34. The highest BCUT2D eigenvalue weighted by Crippen LogP contribution is 2.34. The van der Waals surface area contributed by atoms with Gasteiger partial charge in [0, 0.05) is 35.6 Å². The predicted octanol–water partition coefficient (Wildman–Crippen LogP) is 2.94. The molecule has 1 saturated heterocycles. The molecule has 8 heteroatoms. The Kier molecular flexibility index (Phi) is 4.39. The molecule has 1 atom stereocenters. The molecule has 2 amide bonds. The molecule has 3 rings (SSSR count). The largest absolute Gasteiger partial charge is 0.444 e. The molecule has 0 bridgehead atoms. The van der Waals surface area contributed by atoms with Crippen LogP contribution in [0.4, 0.5) is 9.93 Å². The van der Waals surface area contributed by atoms with E-state index in [4.69, 9.17) is 4.74 Å². The van der Waals surface area contributed by atoms with E-state index in [0.29, 0.717) is 32.5 Å². The summed E-state index contributed by atoms with van der Waals surface area (Å²) in [6, 6.07) is 0. The van der Waals surface area contributed by atoms with Gasteiger partial charge in [-0.25, -0.2) is 9.78 Å². The number of aromatic nitrogens is 1. The number of rotatable bonds is 1. The third kappa shape index (κ3) is 3.68. The maximum absolute atomic E-state index is 12.2. The van der Waals surface area contributed by atoms with Crippen molar-refractivity contribution in [2.24, 2.45) is 0 Å². The number of anilines is 1. The van der Waals surface area contributed by atoms with E-state index in [2.05, 4.69) is 20.9 Å². The molecule has 1 fully saturated rings. The van der Waals surface area contributed by atoms with Crippen LogP contribution in [0.25, 0.3) is 0 Å². The average molecular weight is 402 g/mol. The van der Waals surface area contributed by atoms with E-state index in [-0.39, 0.29) is 16.8 Å². The molecular formula is C15H20BrN3O3S. The van der Waals surface area contributed by atoms with Gasteiger partial charge in [0.05, 0.1) is 12.2 Å². The molecule has 23 heavy (non-hydrogen) atoms. The zero-order valence-electron chi connectivity index (χ0n) is 13.5.